The lowest BCUT2D eigenvalue weighted by atomic mass is 10.3. The number of rotatable bonds is 3. The van der Waals surface area contributed by atoms with Crippen molar-refractivity contribution in [2.45, 2.75) is 12.8 Å². The minimum Gasteiger partial charge on any atom is -0.356 e. The lowest BCUT2D eigenvalue weighted by molar-refractivity contribution is 0.262. The lowest BCUT2D eigenvalue weighted by Crippen LogP contribution is -2.22. The van der Waals surface area contributed by atoms with Crippen LogP contribution in [0.2, 0.25) is 0 Å². The van der Waals surface area contributed by atoms with Crippen LogP contribution in [0.25, 0.3) is 0 Å². The Morgan fingerprint density at radius 3 is 2.57 bits per heavy atom. The van der Waals surface area contributed by atoms with Crippen LogP contribution in [0.3, 0.4) is 0 Å². The molecule has 1 saturated heterocycles. The summed E-state index contributed by atoms with van der Waals surface area (Å²) < 4.78 is 26.0. The van der Waals surface area contributed by atoms with Gasteiger partial charge in [-0.05, 0) is 25.0 Å². The van der Waals surface area contributed by atoms with E-state index in [0.29, 0.717) is 5.82 Å². The first kappa shape index (κ1) is 15.1. The Morgan fingerprint density at radius 1 is 1.04 bits per heavy atom. The molecule has 2 amide bonds. The third-order valence-corrected chi connectivity index (χ3v) is 3.50. The van der Waals surface area contributed by atoms with Gasteiger partial charge in [0.1, 0.15) is 18.0 Å². The molecule has 2 heterocycles. The summed E-state index contributed by atoms with van der Waals surface area (Å²) in [5, 5.41) is 4.96. The fraction of sp³-hybridized carbons (Fsp3) is 0.267. The molecule has 6 nitrogen and oxygen atoms in total. The topological polar surface area (TPSA) is 70.2 Å². The third-order valence-electron chi connectivity index (χ3n) is 3.50. The van der Waals surface area contributed by atoms with E-state index in [-0.39, 0.29) is 5.69 Å². The zero-order valence-electron chi connectivity index (χ0n) is 12.2. The molecule has 1 aliphatic heterocycles. The monoisotopic (exact) mass is 319 g/mol. The molecule has 1 aromatic heterocycles. The summed E-state index contributed by atoms with van der Waals surface area (Å²) in [5.74, 6) is -0.911. The van der Waals surface area contributed by atoms with Crippen LogP contribution in [-0.2, 0) is 0 Å². The SMILES string of the molecule is O=C(Nc1ccc(F)c(F)c1)Nc1cc(N2CCCC2)ncn1. The molecule has 0 aliphatic carbocycles. The number of nitrogens with one attached hydrogen (secondary N) is 2. The molecule has 0 radical (unpaired) electrons. The van der Waals surface area contributed by atoms with Gasteiger partial charge in [-0.25, -0.2) is 23.5 Å². The van der Waals surface area contributed by atoms with Crippen LogP contribution < -0.4 is 15.5 Å². The molecule has 8 heteroatoms. The average Bonchev–Trinajstić information content (AvgIpc) is 3.05. The summed E-state index contributed by atoms with van der Waals surface area (Å²) in [6, 6.07) is 4.21. The minimum atomic E-state index is -1.03. The Labute approximate surface area is 131 Å². The molecule has 23 heavy (non-hydrogen) atoms. The van der Waals surface area contributed by atoms with Crippen LogP contribution in [0.15, 0.2) is 30.6 Å². The first-order valence-electron chi connectivity index (χ1n) is 7.22. The van der Waals surface area contributed by atoms with Gasteiger partial charge in [0, 0.05) is 30.9 Å². The molecule has 1 aliphatic rings. The van der Waals surface area contributed by atoms with Crippen LogP contribution in [0.5, 0.6) is 0 Å². The van der Waals surface area contributed by atoms with Crippen LogP contribution in [0.1, 0.15) is 12.8 Å². The highest BCUT2D eigenvalue weighted by Crippen LogP contribution is 2.19. The number of carbonyl (C=O) groups is 1. The number of nitrogens with zero attached hydrogens (tertiary/aromatic N) is 3. The Hall–Kier alpha value is -2.77. The highest BCUT2D eigenvalue weighted by atomic mass is 19.2. The highest BCUT2D eigenvalue weighted by Gasteiger charge is 2.14. The molecule has 120 valence electrons. The van der Waals surface area contributed by atoms with Gasteiger partial charge in [-0.2, -0.15) is 0 Å². The number of urea groups is 1. The smallest absolute Gasteiger partial charge is 0.324 e. The number of amides is 2. The molecule has 0 saturated carbocycles. The van der Waals surface area contributed by atoms with Crippen molar-refractivity contribution < 1.29 is 13.6 Å². The van der Waals surface area contributed by atoms with Crippen molar-refractivity contribution in [2.24, 2.45) is 0 Å². The third kappa shape index (κ3) is 3.71. The summed E-state index contributed by atoms with van der Waals surface area (Å²) in [4.78, 5) is 22.2. The second kappa shape index (κ2) is 6.55. The van der Waals surface area contributed by atoms with E-state index in [1.54, 1.807) is 6.07 Å². The molecule has 2 N–H and O–H groups in total. The predicted molar refractivity (Wildman–Crippen MR) is 82.5 cm³/mol. The van der Waals surface area contributed by atoms with Gasteiger partial charge in [0.2, 0.25) is 0 Å². The van der Waals surface area contributed by atoms with Crippen LogP contribution in [0, 0.1) is 11.6 Å². The Kier molecular flexibility index (Phi) is 4.31. The molecule has 2 aromatic rings. The van der Waals surface area contributed by atoms with Crippen molar-refractivity contribution in [1.29, 1.82) is 0 Å². The van der Waals surface area contributed by atoms with Gasteiger partial charge in [0.15, 0.2) is 11.6 Å². The molecule has 1 aromatic carbocycles. The second-order valence-electron chi connectivity index (χ2n) is 5.16. The number of hydrogen-bond donors (Lipinski definition) is 2. The second-order valence-corrected chi connectivity index (χ2v) is 5.16. The largest absolute Gasteiger partial charge is 0.356 e. The van der Waals surface area contributed by atoms with Crippen molar-refractivity contribution in [1.82, 2.24) is 9.97 Å². The van der Waals surface area contributed by atoms with Gasteiger partial charge >= 0.3 is 6.03 Å². The van der Waals surface area contributed by atoms with E-state index in [0.717, 1.165) is 43.9 Å². The zero-order valence-corrected chi connectivity index (χ0v) is 12.2. The summed E-state index contributed by atoms with van der Waals surface area (Å²) >= 11 is 0. The van der Waals surface area contributed by atoms with Crippen LogP contribution in [0.4, 0.5) is 30.9 Å². The van der Waals surface area contributed by atoms with Crippen molar-refractivity contribution >= 4 is 23.4 Å². The molecule has 0 spiro atoms. The Balaban J connectivity index is 1.65. The maximum atomic E-state index is 13.1. The number of anilines is 3. The van der Waals surface area contributed by atoms with E-state index in [1.807, 2.05) is 0 Å². The molecule has 0 atom stereocenters. The summed E-state index contributed by atoms with van der Waals surface area (Å²) in [5.41, 5.74) is 0.148. The normalized spacial score (nSPS) is 13.9. The molecular weight excluding hydrogens is 304 g/mol. The number of carbonyl (C=O) groups excluding carboxylic acids is 1. The van der Waals surface area contributed by atoms with E-state index < -0.39 is 17.7 Å². The van der Waals surface area contributed by atoms with Crippen LogP contribution in [-0.4, -0.2) is 29.1 Å². The Morgan fingerprint density at radius 2 is 1.83 bits per heavy atom. The molecule has 1 fully saturated rings. The lowest BCUT2D eigenvalue weighted by Gasteiger charge is -2.16. The van der Waals surface area contributed by atoms with Gasteiger partial charge in [-0.3, -0.25) is 5.32 Å². The number of benzene rings is 1. The average molecular weight is 319 g/mol. The summed E-state index contributed by atoms with van der Waals surface area (Å²) in [7, 11) is 0. The van der Waals surface area contributed by atoms with E-state index in [9.17, 15) is 13.6 Å². The quantitative estimate of drug-likeness (QED) is 0.912. The van der Waals surface area contributed by atoms with Crippen molar-refractivity contribution in [3.63, 3.8) is 0 Å². The van der Waals surface area contributed by atoms with E-state index in [2.05, 4.69) is 25.5 Å². The van der Waals surface area contributed by atoms with Crippen molar-refractivity contribution in [2.75, 3.05) is 28.6 Å². The molecule has 3 rings (SSSR count). The van der Waals surface area contributed by atoms with Crippen LogP contribution >= 0.6 is 0 Å². The standard InChI is InChI=1S/C15H15F2N5O/c16-11-4-3-10(7-12(11)17)20-15(23)21-13-8-14(19-9-18-13)22-5-1-2-6-22/h3-4,7-9H,1-2,5-6H2,(H2,18,19,20,21,23). The predicted octanol–water partition coefficient (Wildman–Crippen LogP) is 3.00. The first-order chi connectivity index (χ1) is 11.1. The molecule has 0 unspecified atom stereocenters. The zero-order chi connectivity index (χ0) is 16.2. The van der Waals surface area contributed by atoms with Gasteiger partial charge in [-0.1, -0.05) is 0 Å². The number of hydrogen-bond acceptors (Lipinski definition) is 4. The maximum absolute atomic E-state index is 13.1. The number of aromatic nitrogens is 2. The minimum absolute atomic E-state index is 0.148. The molecular formula is C15H15F2N5O. The van der Waals surface area contributed by atoms with Gasteiger partial charge < -0.3 is 10.2 Å². The van der Waals surface area contributed by atoms with Gasteiger partial charge in [0.25, 0.3) is 0 Å². The van der Waals surface area contributed by atoms with E-state index in [1.165, 1.54) is 12.4 Å². The maximum Gasteiger partial charge on any atom is 0.324 e. The summed E-state index contributed by atoms with van der Waals surface area (Å²) in [6.07, 6.45) is 3.60. The van der Waals surface area contributed by atoms with E-state index >= 15 is 0 Å². The Bertz CT molecular complexity index is 719. The fourth-order valence-corrected chi connectivity index (χ4v) is 2.39. The first-order valence-corrected chi connectivity index (χ1v) is 7.22. The van der Waals surface area contributed by atoms with Crippen molar-refractivity contribution in [3.05, 3.63) is 42.2 Å². The summed E-state index contributed by atoms with van der Waals surface area (Å²) in [6.45, 7) is 1.86. The number of halogens is 2. The highest BCUT2D eigenvalue weighted by molar-refractivity contribution is 5.99. The van der Waals surface area contributed by atoms with Gasteiger partial charge in [-0.15, -0.1) is 0 Å². The molecule has 0 bridgehead atoms. The van der Waals surface area contributed by atoms with Gasteiger partial charge in [0.05, 0.1) is 0 Å². The fourth-order valence-electron chi connectivity index (χ4n) is 2.39. The van der Waals surface area contributed by atoms with Crippen molar-refractivity contribution in [3.8, 4) is 0 Å². The van der Waals surface area contributed by atoms with E-state index in [4.69, 9.17) is 0 Å².